The second kappa shape index (κ2) is 10.4. The molecule has 0 aliphatic heterocycles. The topological polar surface area (TPSA) is 84.2 Å². The van der Waals surface area contributed by atoms with Crippen molar-refractivity contribution in [2.75, 3.05) is 18.4 Å². The summed E-state index contributed by atoms with van der Waals surface area (Å²) in [5.41, 5.74) is 6.31. The van der Waals surface area contributed by atoms with Crippen LogP contribution in [0.3, 0.4) is 0 Å². The quantitative estimate of drug-likeness (QED) is 0.663. The third-order valence-corrected chi connectivity index (χ3v) is 3.25. The van der Waals surface area contributed by atoms with Gasteiger partial charge in [-0.05, 0) is 37.6 Å². The molecule has 124 valence electrons. The van der Waals surface area contributed by atoms with E-state index in [2.05, 4.69) is 10.6 Å². The van der Waals surface area contributed by atoms with E-state index in [1.165, 1.54) is 0 Å². The van der Waals surface area contributed by atoms with Gasteiger partial charge in [0, 0.05) is 18.2 Å². The van der Waals surface area contributed by atoms with Gasteiger partial charge in [0.1, 0.15) is 0 Å². The van der Waals surface area contributed by atoms with Crippen LogP contribution in [0, 0.1) is 5.92 Å². The van der Waals surface area contributed by atoms with Crippen LogP contribution in [0.25, 0.3) is 0 Å². The van der Waals surface area contributed by atoms with E-state index in [0.29, 0.717) is 29.4 Å². The molecule has 0 bridgehead atoms. The van der Waals surface area contributed by atoms with Gasteiger partial charge in [-0.2, -0.15) is 0 Å². The van der Waals surface area contributed by atoms with E-state index in [9.17, 15) is 9.59 Å². The highest BCUT2D eigenvalue weighted by molar-refractivity contribution is 6.34. The molecule has 0 aliphatic carbocycles. The number of hydrogen-bond donors (Lipinski definition) is 3. The van der Waals surface area contributed by atoms with Crippen LogP contribution >= 0.6 is 24.0 Å². The highest BCUT2D eigenvalue weighted by atomic mass is 35.5. The zero-order valence-electron chi connectivity index (χ0n) is 12.8. The third-order valence-electron chi connectivity index (χ3n) is 2.92. The largest absolute Gasteiger partial charge is 0.352 e. The molecule has 2 amide bonds. The second-order valence-corrected chi connectivity index (χ2v) is 5.50. The molecule has 4 N–H and O–H groups in total. The average Bonchev–Trinajstić information content (AvgIpc) is 2.45. The number of anilines is 1. The maximum Gasteiger partial charge on any atom is 0.252 e. The summed E-state index contributed by atoms with van der Waals surface area (Å²) < 4.78 is 0. The molecule has 0 radical (unpaired) electrons. The number of carbonyl (C=O) groups excluding carboxylic acids is 2. The second-order valence-electron chi connectivity index (χ2n) is 5.09. The first-order chi connectivity index (χ1) is 9.95. The smallest absolute Gasteiger partial charge is 0.252 e. The number of benzene rings is 1. The highest BCUT2D eigenvalue weighted by Crippen LogP contribution is 2.21. The Hall–Kier alpha value is -1.30. The van der Waals surface area contributed by atoms with Crippen molar-refractivity contribution in [3.05, 3.63) is 28.8 Å². The Morgan fingerprint density at radius 2 is 1.95 bits per heavy atom. The number of nitrogens with one attached hydrogen (secondary N) is 2. The maximum absolute atomic E-state index is 12.1. The minimum atomic E-state index is -0.252. The van der Waals surface area contributed by atoms with E-state index in [0.717, 1.165) is 12.8 Å². The lowest BCUT2D eigenvalue weighted by molar-refractivity contribution is -0.118. The first-order valence-corrected chi connectivity index (χ1v) is 7.42. The van der Waals surface area contributed by atoms with Crippen molar-refractivity contribution in [1.82, 2.24) is 5.32 Å². The Morgan fingerprint density at radius 1 is 1.27 bits per heavy atom. The van der Waals surface area contributed by atoms with Crippen molar-refractivity contribution in [3.63, 3.8) is 0 Å². The van der Waals surface area contributed by atoms with E-state index < -0.39 is 0 Å². The fourth-order valence-corrected chi connectivity index (χ4v) is 1.83. The number of unbranched alkanes of at least 4 members (excludes halogenated alkanes) is 1. The Bertz CT molecular complexity index is 508. The number of amides is 2. The van der Waals surface area contributed by atoms with Gasteiger partial charge in [0.25, 0.3) is 5.91 Å². The van der Waals surface area contributed by atoms with Crippen LogP contribution in [0.5, 0.6) is 0 Å². The van der Waals surface area contributed by atoms with Gasteiger partial charge in [0.15, 0.2) is 0 Å². The van der Waals surface area contributed by atoms with Crippen molar-refractivity contribution >= 4 is 41.5 Å². The number of hydrogen-bond acceptors (Lipinski definition) is 3. The number of carbonyl (C=O) groups is 2. The first-order valence-electron chi connectivity index (χ1n) is 7.04. The van der Waals surface area contributed by atoms with E-state index >= 15 is 0 Å². The zero-order chi connectivity index (χ0) is 15.8. The molecule has 5 nitrogen and oxygen atoms in total. The van der Waals surface area contributed by atoms with Gasteiger partial charge in [-0.25, -0.2) is 0 Å². The summed E-state index contributed by atoms with van der Waals surface area (Å²) in [7, 11) is 0. The minimum Gasteiger partial charge on any atom is -0.352 e. The zero-order valence-corrected chi connectivity index (χ0v) is 14.4. The lowest BCUT2D eigenvalue weighted by Crippen LogP contribution is -2.25. The first kappa shape index (κ1) is 20.7. The van der Waals surface area contributed by atoms with Crippen LogP contribution in [0.15, 0.2) is 18.2 Å². The minimum absolute atomic E-state index is 0. The van der Waals surface area contributed by atoms with Crippen molar-refractivity contribution in [2.45, 2.75) is 26.7 Å². The summed E-state index contributed by atoms with van der Waals surface area (Å²) in [6.45, 7) is 4.76. The van der Waals surface area contributed by atoms with Crippen molar-refractivity contribution in [2.24, 2.45) is 11.7 Å². The summed E-state index contributed by atoms with van der Waals surface area (Å²) in [5.74, 6) is -0.487. The molecule has 0 spiro atoms. The molecule has 0 saturated carbocycles. The van der Waals surface area contributed by atoms with Crippen molar-refractivity contribution < 1.29 is 9.59 Å². The van der Waals surface area contributed by atoms with Gasteiger partial charge >= 0.3 is 0 Å². The summed E-state index contributed by atoms with van der Waals surface area (Å²) in [4.78, 5) is 23.7. The molecule has 1 aromatic carbocycles. The monoisotopic (exact) mass is 347 g/mol. The fraction of sp³-hybridized carbons (Fsp3) is 0.467. The van der Waals surface area contributed by atoms with Crippen LogP contribution < -0.4 is 16.4 Å². The molecule has 0 atom stereocenters. The van der Waals surface area contributed by atoms with Crippen LogP contribution in [0.4, 0.5) is 5.69 Å². The summed E-state index contributed by atoms with van der Waals surface area (Å²) in [6.07, 6.45) is 1.68. The Morgan fingerprint density at radius 3 is 2.55 bits per heavy atom. The lowest BCUT2D eigenvalue weighted by Gasteiger charge is -2.11. The van der Waals surface area contributed by atoms with Gasteiger partial charge in [-0.15, -0.1) is 12.4 Å². The van der Waals surface area contributed by atoms with Gasteiger partial charge in [0.05, 0.1) is 10.6 Å². The van der Waals surface area contributed by atoms with Crippen LogP contribution in [0.1, 0.15) is 37.0 Å². The van der Waals surface area contributed by atoms with E-state index in [4.69, 9.17) is 17.3 Å². The fourth-order valence-electron chi connectivity index (χ4n) is 1.63. The van der Waals surface area contributed by atoms with E-state index in [1.807, 2.05) is 0 Å². The molecule has 7 heteroatoms. The van der Waals surface area contributed by atoms with E-state index in [1.54, 1.807) is 32.0 Å². The molecule has 0 unspecified atom stereocenters. The van der Waals surface area contributed by atoms with Crippen LogP contribution in [-0.2, 0) is 4.79 Å². The maximum atomic E-state index is 12.1. The Labute approximate surface area is 142 Å². The van der Waals surface area contributed by atoms with Gasteiger partial charge in [-0.1, -0.05) is 25.4 Å². The lowest BCUT2D eigenvalue weighted by atomic mass is 10.1. The summed E-state index contributed by atoms with van der Waals surface area (Å²) in [6, 6.07) is 4.86. The van der Waals surface area contributed by atoms with Crippen LogP contribution in [0.2, 0.25) is 5.02 Å². The number of rotatable bonds is 7. The molecule has 0 fully saturated rings. The highest BCUT2D eigenvalue weighted by Gasteiger charge is 2.13. The SMILES string of the molecule is CC(C)C(=O)Nc1ccc(Cl)c(C(=O)NCCCCN)c1.Cl. The van der Waals surface area contributed by atoms with Gasteiger partial charge in [-0.3, -0.25) is 9.59 Å². The van der Waals surface area contributed by atoms with Crippen molar-refractivity contribution in [3.8, 4) is 0 Å². The van der Waals surface area contributed by atoms with E-state index in [-0.39, 0.29) is 30.1 Å². The predicted molar refractivity (Wildman–Crippen MR) is 92.8 cm³/mol. The van der Waals surface area contributed by atoms with Gasteiger partial charge in [0.2, 0.25) is 5.91 Å². The summed E-state index contributed by atoms with van der Waals surface area (Å²) in [5, 5.41) is 5.89. The number of halogens is 2. The molecule has 0 aromatic heterocycles. The Kier molecular flexibility index (Phi) is 9.81. The third kappa shape index (κ3) is 6.64. The molecule has 1 aromatic rings. The molecule has 0 heterocycles. The molecular weight excluding hydrogens is 325 g/mol. The molecule has 0 saturated heterocycles. The molecule has 1 rings (SSSR count). The normalized spacial score (nSPS) is 10.0. The standard InChI is InChI=1S/C15H22ClN3O2.ClH/c1-10(2)14(20)19-11-5-6-13(16)12(9-11)15(21)18-8-4-3-7-17;/h5-6,9-10H,3-4,7-8,17H2,1-2H3,(H,18,21)(H,19,20);1H. The number of nitrogens with two attached hydrogens (primary N) is 1. The van der Waals surface area contributed by atoms with Crippen molar-refractivity contribution in [1.29, 1.82) is 0 Å². The Balaban J connectivity index is 0.00000441. The predicted octanol–water partition coefficient (Wildman–Crippen LogP) is 2.83. The van der Waals surface area contributed by atoms with Gasteiger partial charge < -0.3 is 16.4 Å². The molecular formula is C15H23Cl2N3O2. The average molecular weight is 348 g/mol. The molecule has 0 aliphatic rings. The van der Waals surface area contributed by atoms with Crippen LogP contribution in [-0.4, -0.2) is 24.9 Å². The summed E-state index contributed by atoms with van der Waals surface area (Å²) >= 11 is 6.04. The molecule has 22 heavy (non-hydrogen) atoms.